The Bertz CT molecular complexity index is 835. The molecule has 3 rings (SSSR count). The van der Waals surface area contributed by atoms with Gasteiger partial charge in [0.25, 0.3) is 5.91 Å². The van der Waals surface area contributed by atoms with Gasteiger partial charge in [-0.1, -0.05) is 11.6 Å². The van der Waals surface area contributed by atoms with Crippen LogP contribution in [-0.2, 0) is 6.18 Å². The van der Waals surface area contributed by atoms with Crippen LogP contribution in [0.25, 0.3) is 0 Å². The third kappa shape index (κ3) is 4.07. The maximum absolute atomic E-state index is 13.2. The van der Waals surface area contributed by atoms with Crippen molar-refractivity contribution in [3.05, 3.63) is 46.2 Å². The number of rotatable bonds is 3. The van der Waals surface area contributed by atoms with Crippen LogP contribution in [0.15, 0.2) is 24.3 Å². The van der Waals surface area contributed by atoms with E-state index in [1.807, 2.05) is 4.90 Å². The van der Waals surface area contributed by atoms with Crippen LogP contribution in [-0.4, -0.2) is 29.0 Å². The Morgan fingerprint density at radius 1 is 1.19 bits per heavy atom. The highest BCUT2D eigenvalue weighted by atomic mass is 35.5. The predicted molar refractivity (Wildman–Crippen MR) is 92.6 cm³/mol. The molecule has 138 valence electrons. The molecular formula is C17H16ClF3N4O. The molecular weight excluding hydrogens is 369 g/mol. The zero-order valence-electron chi connectivity index (χ0n) is 13.9. The smallest absolute Gasteiger partial charge is 0.341 e. The van der Waals surface area contributed by atoms with E-state index in [0.717, 1.165) is 38.1 Å². The molecule has 0 spiro atoms. The lowest BCUT2D eigenvalue weighted by atomic mass is 10.1. The summed E-state index contributed by atoms with van der Waals surface area (Å²) in [5.41, 5.74) is -0.795. The lowest BCUT2D eigenvalue weighted by molar-refractivity contribution is -0.136. The van der Waals surface area contributed by atoms with Crippen LogP contribution in [0.1, 0.15) is 34.6 Å². The summed E-state index contributed by atoms with van der Waals surface area (Å²) in [6.45, 7) is 3.29. The first-order valence-electron chi connectivity index (χ1n) is 8.03. The van der Waals surface area contributed by atoms with Crippen molar-refractivity contribution in [2.24, 2.45) is 0 Å². The molecule has 0 unspecified atom stereocenters. The fraction of sp³-hybridized carbons (Fsp3) is 0.353. The van der Waals surface area contributed by atoms with Crippen LogP contribution in [0.4, 0.5) is 24.8 Å². The fourth-order valence-electron chi connectivity index (χ4n) is 2.77. The Labute approximate surface area is 153 Å². The Kier molecular flexibility index (Phi) is 5.04. The van der Waals surface area contributed by atoms with Gasteiger partial charge in [-0.3, -0.25) is 4.79 Å². The van der Waals surface area contributed by atoms with Crippen molar-refractivity contribution in [2.75, 3.05) is 23.3 Å². The van der Waals surface area contributed by atoms with Gasteiger partial charge in [0, 0.05) is 23.8 Å². The Morgan fingerprint density at radius 2 is 1.88 bits per heavy atom. The molecule has 2 heterocycles. The number of carbonyl (C=O) groups is 1. The molecule has 0 aliphatic carbocycles. The van der Waals surface area contributed by atoms with E-state index in [9.17, 15) is 18.0 Å². The van der Waals surface area contributed by atoms with Crippen molar-refractivity contribution < 1.29 is 18.0 Å². The monoisotopic (exact) mass is 384 g/mol. The molecule has 0 radical (unpaired) electrons. The maximum Gasteiger partial charge on any atom is 0.418 e. The van der Waals surface area contributed by atoms with Gasteiger partial charge in [0.2, 0.25) is 5.95 Å². The summed E-state index contributed by atoms with van der Waals surface area (Å²) in [6.07, 6.45) is -2.62. The van der Waals surface area contributed by atoms with Crippen molar-refractivity contribution in [2.45, 2.75) is 25.9 Å². The van der Waals surface area contributed by atoms with Crippen molar-refractivity contribution in [1.82, 2.24) is 9.97 Å². The van der Waals surface area contributed by atoms with Crippen molar-refractivity contribution in [1.29, 1.82) is 0 Å². The minimum atomic E-state index is -4.64. The average molecular weight is 385 g/mol. The van der Waals surface area contributed by atoms with Crippen LogP contribution >= 0.6 is 11.6 Å². The standard InChI is InChI=1S/C17H16ClF3N4O/c1-10-8-14(24-16(22-10)25-6-2-3-7-25)15(26)23-13-5-4-11(18)9-12(13)17(19,20)21/h4-5,8-9H,2-3,6-7H2,1H3,(H,23,26). The number of halogens is 4. The highest BCUT2D eigenvalue weighted by Gasteiger charge is 2.34. The number of aryl methyl sites for hydroxylation is 1. The van der Waals surface area contributed by atoms with Crippen LogP contribution in [0.2, 0.25) is 5.02 Å². The van der Waals surface area contributed by atoms with Gasteiger partial charge in [-0.15, -0.1) is 0 Å². The summed E-state index contributed by atoms with van der Waals surface area (Å²) >= 11 is 5.65. The number of hydrogen-bond donors (Lipinski definition) is 1. The van der Waals surface area contributed by atoms with Gasteiger partial charge in [-0.25, -0.2) is 9.97 Å². The van der Waals surface area contributed by atoms with Gasteiger partial charge in [0.15, 0.2) is 0 Å². The third-order valence-electron chi connectivity index (χ3n) is 4.00. The topological polar surface area (TPSA) is 58.1 Å². The Morgan fingerprint density at radius 3 is 2.54 bits per heavy atom. The molecule has 1 saturated heterocycles. The molecule has 2 aromatic rings. The van der Waals surface area contributed by atoms with Crippen molar-refractivity contribution in [3.8, 4) is 0 Å². The van der Waals surface area contributed by atoms with Gasteiger partial charge in [0.1, 0.15) is 5.69 Å². The number of amides is 1. The van der Waals surface area contributed by atoms with Gasteiger partial charge in [-0.05, 0) is 44.0 Å². The molecule has 1 aliphatic rings. The number of alkyl halides is 3. The SMILES string of the molecule is Cc1cc(C(=O)Nc2ccc(Cl)cc2C(F)(F)F)nc(N2CCCC2)n1. The van der Waals surface area contributed by atoms with Crippen molar-refractivity contribution >= 4 is 29.1 Å². The second kappa shape index (κ2) is 7.11. The van der Waals surface area contributed by atoms with E-state index in [1.54, 1.807) is 6.92 Å². The highest BCUT2D eigenvalue weighted by molar-refractivity contribution is 6.30. The normalized spacial score (nSPS) is 14.6. The minimum absolute atomic E-state index is 0.0162. The molecule has 0 atom stereocenters. The molecule has 5 nitrogen and oxygen atoms in total. The molecule has 1 aliphatic heterocycles. The Balaban J connectivity index is 1.89. The number of carbonyl (C=O) groups excluding carboxylic acids is 1. The van der Waals surface area contributed by atoms with Crippen LogP contribution in [0, 0.1) is 6.92 Å². The number of nitrogens with zero attached hydrogens (tertiary/aromatic N) is 3. The first-order chi connectivity index (χ1) is 12.2. The number of anilines is 2. The number of nitrogens with one attached hydrogen (secondary N) is 1. The van der Waals surface area contributed by atoms with Gasteiger partial charge in [-0.2, -0.15) is 13.2 Å². The van der Waals surface area contributed by atoms with Crippen LogP contribution in [0.3, 0.4) is 0 Å². The molecule has 9 heteroatoms. The molecule has 1 fully saturated rings. The number of hydrogen-bond acceptors (Lipinski definition) is 4. The first-order valence-corrected chi connectivity index (χ1v) is 8.40. The lowest BCUT2D eigenvalue weighted by Gasteiger charge is -2.17. The van der Waals surface area contributed by atoms with Gasteiger partial charge in [0.05, 0.1) is 11.3 Å². The molecule has 1 N–H and O–H groups in total. The van der Waals surface area contributed by atoms with E-state index in [1.165, 1.54) is 12.1 Å². The Hall–Kier alpha value is -2.35. The molecule has 0 saturated carbocycles. The van der Waals surface area contributed by atoms with E-state index < -0.39 is 17.6 Å². The van der Waals surface area contributed by atoms with E-state index in [-0.39, 0.29) is 16.4 Å². The summed E-state index contributed by atoms with van der Waals surface area (Å²) in [6, 6.07) is 4.63. The van der Waals surface area contributed by atoms with Gasteiger partial charge < -0.3 is 10.2 Å². The second-order valence-electron chi connectivity index (χ2n) is 6.03. The summed E-state index contributed by atoms with van der Waals surface area (Å²) < 4.78 is 39.5. The summed E-state index contributed by atoms with van der Waals surface area (Å²) in [4.78, 5) is 23.0. The van der Waals surface area contributed by atoms with E-state index >= 15 is 0 Å². The number of aromatic nitrogens is 2. The third-order valence-corrected chi connectivity index (χ3v) is 4.23. The summed E-state index contributed by atoms with van der Waals surface area (Å²) in [5, 5.41) is 2.21. The largest absolute Gasteiger partial charge is 0.418 e. The first kappa shape index (κ1) is 18.4. The fourth-order valence-corrected chi connectivity index (χ4v) is 2.95. The molecule has 26 heavy (non-hydrogen) atoms. The maximum atomic E-state index is 13.2. The highest BCUT2D eigenvalue weighted by Crippen LogP contribution is 2.36. The number of benzene rings is 1. The molecule has 0 bridgehead atoms. The van der Waals surface area contributed by atoms with Crippen LogP contribution in [0.5, 0.6) is 0 Å². The van der Waals surface area contributed by atoms with E-state index in [4.69, 9.17) is 11.6 Å². The minimum Gasteiger partial charge on any atom is -0.341 e. The van der Waals surface area contributed by atoms with E-state index in [0.29, 0.717) is 11.6 Å². The van der Waals surface area contributed by atoms with Crippen molar-refractivity contribution in [3.63, 3.8) is 0 Å². The average Bonchev–Trinajstić information content (AvgIpc) is 3.09. The second-order valence-corrected chi connectivity index (χ2v) is 6.47. The zero-order valence-corrected chi connectivity index (χ0v) is 14.7. The van der Waals surface area contributed by atoms with Gasteiger partial charge >= 0.3 is 6.18 Å². The summed E-state index contributed by atoms with van der Waals surface area (Å²) in [7, 11) is 0. The zero-order chi connectivity index (χ0) is 18.9. The van der Waals surface area contributed by atoms with Crippen LogP contribution < -0.4 is 10.2 Å². The quantitative estimate of drug-likeness (QED) is 0.856. The van der Waals surface area contributed by atoms with E-state index in [2.05, 4.69) is 15.3 Å². The molecule has 1 aromatic heterocycles. The lowest BCUT2D eigenvalue weighted by Crippen LogP contribution is -2.23. The molecule has 1 amide bonds. The predicted octanol–water partition coefficient (Wildman–Crippen LogP) is 4.31. The summed E-state index contributed by atoms with van der Waals surface area (Å²) in [5.74, 6) is -0.316. The molecule has 1 aromatic carbocycles.